The second kappa shape index (κ2) is 15.8. The van der Waals surface area contributed by atoms with Crippen molar-refractivity contribution in [2.45, 2.75) is 44.8 Å². The number of hydrogen-bond acceptors (Lipinski definition) is 8. The van der Waals surface area contributed by atoms with Crippen LogP contribution in [0.5, 0.6) is 5.88 Å². The van der Waals surface area contributed by atoms with Crippen molar-refractivity contribution >= 4 is 52.2 Å². The number of aryl methyl sites for hydroxylation is 2. The van der Waals surface area contributed by atoms with Crippen molar-refractivity contribution in [3.8, 4) is 5.88 Å². The minimum atomic E-state index is -0.391. The first-order valence-corrected chi connectivity index (χ1v) is 18.1. The zero-order valence-corrected chi connectivity index (χ0v) is 30.3. The van der Waals surface area contributed by atoms with Gasteiger partial charge in [-0.2, -0.15) is 5.10 Å². The molecule has 2 aromatic heterocycles. The average molecular weight is 724 g/mol. The van der Waals surface area contributed by atoms with Crippen LogP contribution in [0.15, 0.2) is 77.8 Å². The zero-order chi connectivity index (χ0) is 36.2. The maximum atomic E-state index is 14.2. The number of likely N-dealkylation sites (tertiary alicyclic amines) is 1. The first kappa shape index (κ1) is 35.6. The molecule has 270 valence electrons. The number of amides is 1. The van der Waals surface area contributed by atoms with Gasteiger partial charge in [-0.15, -0.1) is 0 Å². The summed E-state index contributed by atoms with van der Waals surface area (Å²) in [5, 5.41) is 8.87. The maximum absolute atomic E-state index is 14.2. The molecule has 52 heavy (non-hydrogen) atoms. The summed E-state index contributed by atoms with van der Waals surface area (Å²) in [6.45, 7) is 11.0. The number of fused-ring (bicyclic) bond motifs is 1. The highest BCUT2D eigenvalue weighted by Crippen LogP contribution is 2.33. The van der Waals surface area contributed by atoms with Gasteiger partial charge in [-0.1, -0.05) is 23.7 Å². The van der Waals surface area contributed by atoms with Crippen molar-refractivity contribution in [3.05, 3.63) is 106 Å². The van der Waals surface area contributed by atoms with E-state index in [1.165, 1.54) is 6.07 Å². The molecule has 0 aliphatic carbocycles. The molecule has 2 saturated heterocycles. The van der Waals surface area contributed by atoms with Crippen molar-refractivity contribution in [1.29, 1.82) is 0 Å². The third kappa shape index (κ3) is 8.12. The zero-order valence-electron chi connectivity index (χ0n) is 29.5. The molecule has 2 aliphatic rings. The summed E-state index contributed by atoms with van der Waals surface area (Å²) >= 11 is 5.88. The van der Waals surface area contributed by atoms with Crippen LogP contribution in [-0.4, -0.2) is 77.7 Å². The summed E-state index contributed by atoms with van der Waals surface area (Å²) in [4.78, 5) is 27.3. The van der Waals surface area contributed by atoms with E-state index >= 15 is 0 Å². The number of nitrogens with one attached hydrogen (secondary N) is 1. The number of aromatic nitrogens is 3. The highest BCUT2D eigenvalue weighted by atomic mass is 35.5. The minimum absolute atomic E-state index is 0.0858. The summed E-state index contributed by atoms with van der Waals surface area (Å²) in [5.74, 6) is 0.199. The van der Waals surface area contributed by atoms with Gasteiger partial charge < -0.3 is 24.6 Å². The molecule has 1 amide bonds. The van der Waals surface area contributed by atoms with Crippen LogP contribution in [0.1, 0.15) is 52.5 Å². The first-order chi connectivity index (χ1) is 25.2. The molecule has 0 bridgehead atoms. The fraction of sp³-hybridized carbons (Fsp3) is 0.350. The van der Waals surface area contributed by atoms with Crippen LogP contribution in [0, 0.1) is 12.7 Å². The monoisotopic (exact) mass is 723 g/mol. The van der Waals surface area contributed by atoms with E-state index < -0.39 is 5.82 Å². The van der Waals surface area contributed by atoms with Crippen molar-refractivity contribution in [2.24, 2.45) is 12.0 Å². The second-order valence-corrected chi connectivity index (χ2v) is 14.0. The number of anilines is 2. The molecule has 1 atom stereocenters. The smallest absolute Gasteiger partial charge is 0.255 e. The van der Waals surface area contributed by atoms with Crippen molar-refractivity contribution < 1.29 is 18.7 Å². The number of nitrogens with zero attached hydrogens (tertiary/aromatic N) is 6. The van der Waals surface area contributed by atoms with Gasteiger partial charge in [0.15, 0.2) is 0 Å². The fourth-order valence-corrected chi connectivity index (χ4v) is 7.17. The molecule has 1 unspecified atom stereocenters. The van der Waals surface area contributed by atoms with Crippen molar-refractivity contribution in [3.63, 3.8) is 0 Å². The van der Waals surface area contributed by atoms with Crippen molar-refractivity contribution in [1.82, 2.24) is 19.7 Å². The van der Waals surface area contributed by atoms with Gasteiger partial charge in [0.1, 0.15) is 12.4 Å². The molecule has 4 heterocycles. The van der Waals surface area contributed by atoms with Crippen LogP contribution in [-0.2, 0) is 18.4 Å². The number of ether oxygens (including phenoxy) is 2. The fourth-order valence-electron chi connectivity index (χ4n) is 7.01. The normalized spacial score (nSPS) is 16.4. The lowest BCUT2D eigenvalue weighted by molar-refractivity contribution is -0.0446. The SMILES string of the molecule is C=Nc1cc(C(=O)Nc2ccc3c(c2)c(C)nn3C)ccc1N(CCN1CCC(c2cccc(OCc3ccc(Cl)cc3F)n2)CC1)CC1CCO1. The van der Waals surface area contributed by atoms with Gasteiger partial charge in [0.2, 0.25) is 5.88 Å². The molecule has 0 spiro atoms. The topological polar surface area (TPSA) is 97.1 Å². The molecule has 12 heteroatoms. The molecule has 3 aromatic carbocycles. The Balaban J connectivity index is 0.964. The molecular weight excluding hydrogens is 681 g/mol. The van der Waals surface area contributed by atoms with E-state index in [1.54, 1.807) is 12.1 Å². The van der Waals surface area contributed by atoms with Crippen LogP contribution in [0.3, 0.4) is 0 Å². The molecule has 5 aromatic rings. The van der Waals surface area contributed by atoms with E-state index in [0.29, 0.717) is 39.3 Å². The van der Waals surface area contributed by atoms with Gasteiger partial charge >= 0.3 is 0 Å². The molecule has 0 radical (unpaired) electrons. The lowest BCUT2D eigenvalue weighted by atomic mass is 9.93. The van der Waals surface area contributed by atoms with E-state index in [9.17, 15) is 9.18 Å². The number of piperidine rings is 1. The molecule has 0 saturated carbocycles. The Morgan fingerprint density at radius 3 is 2.69 bits per heavy atom. The van der Waals surface area contributed by atoms with Gasteiger partial charge in [-0.25, -0.2) is 9.37 Å². The summed E-state index contributed by atoms with van der Waals surface area (Å²) in [6, 6.07) is 21.8. The number of pyridine rings is 1. The average Bonchev–Trinajstić information content (AvgIpc) is 3.42. The molecule has 10 nitrogen and oxygen atoms in total. The highest BCUT2D eigenvalue weighted by Gasteiger charge is 2.26. The van der Waals surface area contributed by atoms with Crippen molar-refractivity contribution in [2.75, 3.05) is 49.5 Å². The van der Waals surface area contributed by atoms with Crippen LogP contribution < -0.4 is 15.0 Å². The van der Waals surface area contributed by atoms with E-state index in [-0.39, 0.29) is 18.6 Å². The number of carbonyl (C=O) groups is 1. The van der Waals surface area contributed by atoms with Crippen LogP contribution in [0.2, 0.25) is 5.02 Å². The number of hydrogen-bond donors (Lipinski definition) is 1. The summed E-state index contributed by atoms with van der Waals surface area (Å²) in [7, 11) is 1.91. The lowest BCUT2D eigenvalue weighted by Crippen LogP contribution is -2.44. The first-order valence-electron chi connectivity index (χ1n) is 17.7. The molecule has 2 aliphatic heterocycles. The lowest BCUT2D eigenvalue weighted by Gasteiger charge is -2.37. The largest absolute Gasteiger partial charge is 0.473 e. The Morgan fingerprint density at radius 2 is 1.94 bits per heavy atom. The number of rotatable bonds is 13. The van der Waals surface area contributed by atoms with E-state index in [4.69, 9.17) is 26.1 Å². The predicted molar refractivity (Wildman–Crippen MR) is 204 cm³/mol. The second-order valence-electron chi connectivity index (χ2n) is 13.5. The predicted octanol–water partition coefficient (Wildman–Crippen LogP) is 7.71. The third-order valence-electron chi connectivity index (χ3n) is 10.1. The quantitative estimate of drug-likeness (QED) is 0.124. The van der Waals surface area contributed by atoms with Gasteiger partial charge in [0, 0.05) is 78.2 Å². The third-order valence-corrected chi connectivity index (χ3v) is 10.3. The Hall–Kier alpha value is -4.84. The highest BCUT2D eigenvalue weighted by molar-refractivity contribution is 6.30. The summed E-state index contributed by atoms with van der Waals surface area (Å²) in [5.41, 5.74) is 6.17. The van der Waals surface area contributed by atoms with Gasteiger partial charge in [0.05, 0.1) is 28.7 Å². The van der Waals surface area contributed by atoms with Crippen LogP contribution in [0.25, 0.3) is 10.9 Å². The molecule has 2 fully saturated rings. The maximum Gasteiger partial charge on any atom is 0.255 e. The number of benzene rings is 3. The number of carbonyl (C=O) groups excluding carboxylic acids is 1. The van der Waals surface area contributed by atoms with Gasteiger partial charge in [-0.3, -0.25) is 14.5 Å². The molecular formula is C40H43ClFN7O3. The Kier molecular flexibility index (Phi) is 10.8. The minimum Gasteiger partial charge on any atom is -0.473 e. The van der Waals surface area contributed by atoms with E-state index in [2.05, 4.69) is 31.9 Å². The Labute approximate surface area is 308 Å². The van der Waals surface area contributed by atoms with Crippen LogP contribution >= 0.6 is 11.6 Å². The molecule has 7 rings (SSSR count). The van der Waals surface area contributed by atoms with Crippen LogP contribution in [0.4, 0.5) is 21.5 Å². The molecule has 1 N–H and O–H groups in total. The number of aliphatic imine (C=N–C) groups is 1. The van der Waals surface area contributed by atoms with E-state index in [0.717, 1.165) is 86.6 Å². The summed E-state index contributed by atoms with van der Waals surface area (Å²) < 4.78 is 27.7. The van der Waals surface area contributed by atoms with Gasteiger partial charge in [0.25, 0.3) is 5.91 Å². The summed E-state index contributed by atoms with van der Waals surface area (Å²) in [6.07, 6.45) is 3.13. The standard InChI is InChI=1S/C40H43ClFN7O3/c1-26-33-23-31(10-12-37(33)47(3)46-26)44-40(50)28-8-11-38(36(21-28)43-2)49(24-32-15-20-51-32)19-18-48-16-13-27(14-17-48)35-5-4-6-39(45-35)52-25-29-7-9-30(41)22-34(29)42/h4-12,21-23,27,32H,2,13-20,24-25H2,1,3H3,(H,44,50). The van der Waals surface area contributed by atoms with E-state index in [1.807, 2.05) is 73.3 Å². The van der Waals surface area contributed by atoms with Gasteiger partial charge in [-0.05, 0) is 101 Å². The Bertz CT molecular complexity index is 2080. The Morgan fingerprint density at radius 1 is 1.12 bits per heavy atom. The number of halogens is 2.